The number of rotatable bonds is 0. The largest absolute Gasteiger partial charge is 0.491 e. The van der Waals surface area contributed by atoms with E-state index >= 15 is 0 Å². The van der Waals surface area contributed by atoms with Crippen LogP contribution in [0.15, 0.2) is 48.9 Å². The van der Waals surface area contributed by atoms with Gasteiger partial charge in [0, 0.05) is 17.3 Å². The van der Waals surface area contributed by atoms with Crippen LogP contribution in [0.25, 0.3) is 0 Å². The van der Waals surface area contributed by atoms with Crippen LogP contribution in [-0.4, -0.2) is 12.5 Å². The van der Waals surface area contributed by atoms with Gasteiger partial charge < -0.3 is 19.5 Å². The maximum absolute atomic E-state index is 12.7. The summed E-state index contributed by atoms with van der Waals surface area (Å²) in [7, 11) is 0. The summed E-state index contributed by atoms with van der Waals surface area (Å²) in [5.41, 5.74) is 1.77. The zero-order valence-electron chi connectivity index (χ0n) is 11.5. The smallest absolute Gasteiger partial charge is 0.243 e. The fourth-order valence-corrected chi connectivity index (χ4v) is 3.37. The van der Waals surface area contributed by atoms with Gasteiger partial charge in [0.15, 0.2) is 11.5 Å². The number of carbonyl (C=O) groups is 1. The van der Waals surface area contributed by atoms with Gasteiger partial charge in [0.25, 0.3) is 0 Å². The molecule has 3 aliphatic rings. The quantitative estimate of drug-likeness (QED) is 0.811. The van der Waals surface area contributed by atoms with Crippen molar-refractivity contribution in [1.82, 2.24) is 0 Å². The lowest BCUT2D eigenvalue weighted by Crippen LogP contribution is -2.37. The Morgan fingerprint density at radius 2 is 1.73 bits per heavy atom. The van der Waals surface area contributed by atoms with E-state index in [1.54, 1.807) is 6.07 Å². The average Bonchev–Trinajstić information content (AvgIpc) is 3.06. The fraction of sp³-hybridized carbons (Fsp3) is 0.118. The first-order valence-corrected chi connectivity index (χ1v) is 7.00. The molecule has 3 heterocycles. The molecule has 2 aromatic rings. The van der Waals surface area contributed by atoms with Gasteiger partial charge in [-0.2, -0.15) is 0 Å². The summed E-state index contributed by atoms with van der Waals surface area (Å²) in [5.74, 6) is 1.76. The lowest BCUT2D eigenvalue weighted by atomic mass is 9.77. The predicted molar refractivity (Wildman–Crippen MR) is 78.2 cm³/mol. The Kier molecular flexibility index (Phi) is 2.03. The zero-order chi connectivity index (χ0) is 14.7. The molecular formula is C17H11NO4. The van der Waals surface area contributed by atoms with Gasteiger partial charge in [0.05, 0.1) is 0 Å². The summed E-state index contributed by atoms with van der Waals surface area (Å²) in [6, 6.07) is 11.3. The molecule has 1 spiro atoms. The highest BCUT2D eigenvalue weighted by molar-refractivity contribution is 6.09. The van der Waals surface area contributed by atoms with Crippen LogP contribution in [0, 0.1) is 0 Å². The first kappa shape index (κ1) is 11.7. The van der Waals surface area contributed by atoms with Crippen molar-refractivity contribution in [2.45, 2.75) is 5.41 Å². The van der Waals surface area contributed by atoms with Crippen molar-refractivity contribution < 1.29 is 19.0 Å². The maximum atomic E-state index is 12.7. The summed E-state index contributed by atoms with van der Waals surface area (Å²) >= 11 is 0. The SMILES string of the molecule is O=C1Nc2ccccc2C12COc1cc3c(cc12)OC=CO3. The standard InChI is InChI=1S/C17H11NO4/c19-16-17(10-3-1-2-4-12(10)18-16)9-22-13-8-15-14(7-11(13)17)20-5-6-21-15/h1-8H,9H2,(H,18,19). The van der Waals surface area contributed by atoms with E-state index in [-0.39, 0.29) is 12.5 Å². The van der Waals surface area contributed by atoms with Gasteiger partial charge >= 0.3 is 0 Å². The van der Waals surface area contributed by atoms with Gasteiger partial charge in [0.2, 0.25) is 5.91 Å². The second kappa shape index (κ2) is 3.82. The number of para-hydroxylation sites is 1. The van der Waals surface area contributed by atoms with Crippen molar-refractivity contribution in [2.24, 2.45) is 0 Å². The van der Waals surface area contributed by atoms with Crippen LogP contribution in [0.3, 0.4) is 0 Å². The van der Waals surface area contributed by atoms with Crippen molar-refractivity contribution in [3.8, 4) is 17.2 Å². The van der Waals surface area contributed by atoms with Gasteiger partial charge in [-0.15, -0.1) is 0 Å². The second-order valence-electron chi connectivity index (χ2n) is 5.50. The maximum Gasteiger partial charge on any atom is 0.243 e. The number of anilines is 1. The molecule has 1 N–H and O–H groups in total. The number of hydrogen-bond acceptors (Lipinski definition) is 4. The number of ether oxygens (including phenoxy) is 3. The molecule has 22 heavy (non-hydrogen) atoms. The monoisotopic (exact) mass is 293 g/mol. The van der Waals surface area contributed by atoms with Crippen molar-refractivity contribution in [1.29, 1.82) is 0 Å². The van der Waals surface area contributed by atoms with Crippen LogP contribution < -0.4 is 19.5 Å². The number of nitrogens with one attached hydrogen (secondary N) is 1. The first-order chi connectivity index (χ1) is 10.8. The first-order valence-electron chi connectivity index (χ1n) is 7.00. The molecule has 2 aromatic carbocycles. The minimum Gasteiger partial charge on any atom is -0.491 e. The van der Waals surface area contributed by atoms with Gasteiger partial charge in [-0.05, 0) is 17.7 Å². The Morgan fingerprint density at radius 3 is 2.59 bits per heavy atom. The van der Waals surface area contributed by atoms with E-state index in [0.29, 0.717) is 17.2 Å². The fourth-order valence-electron chi connectivity index (χ4n) is 3.37. The molecule has 0 fully saturated rings. The molecule has 0 aromatic heterocycles. The molecule has 3 aliphatic heterocycles. The van der Waals surface area contributed by atoms with E-state index in [2.05, 4.69) is 5.32 Å². The van der Waals surface area contributed by atoms with Crippen molar-refractivity contribution in [3.63, 3.8) is 0 Å². The Hall–Kier alpha value is -2.95. The van der Waals surface area contributed by atoms with Gasteiger partial charge in [-0.3, -0.25) is 4.79 Å². The summed E-state index contributed by atoms with van der Waals surface area (Å²) in [5, 5.41) is 2.95. The van der Waals surface area contributed by atoms with E-state index in [0.717, 1.165) is 16.8 Å². The molecule has 0 saturated heterocycles. The topological polar surface area (TPSA) is 56.8 Å². The predicted octanol–water partition coefficient (Wildman–Crippen LogP) is 2.56. The van der Waals surface area contributed by atoms with E-state index in [1.165, 1.54) is 12.5 Å². The van der Waals surface area contributed by atoms with E-state index in [1.807, 2.05) is 30.3 Å². The Morgan fingerprint density at radius 1 is 0.955 bits per heavy atom. The lowest BCUT2D eigenvalue weighted by Gasteiger charge is -2.21. The van der Waals surface area contributed by atoms with Crippen LogP contribution in [-0.2, 0) is 10.2 Å². The third kappa shape index (κ3) is 1.26. The lowest BCUT2D eigenvalue weighted by molar-refractivity contribution is -0.119. The molecule has 0 saturated carbocycles. The normalized spacial score (nSPS) is 23.0. The van der Waals surface area contributed by atoms with Crippen LogP contribution in [0.4, 0.5) is 5.69 Å². The van der Waals surface area contributed by atoms with Crippen LogP contribution in [0.2, 0.25) is 0 Å². The Balaban J connectivity index is 1.77. The molecule has 0 aliphatic carbocycles. The summed E-state index contributed by atoms with van der Waals surface area (Å²) in [6.45, 7) is 0.279. The average molecular weight is 293 g/mol. The minimum absolute atomic E-state index is 0.0698. The number of benzene rings is 2. The number of fused-ring (bicyclic) bond motifs is 5. The second-order valence-corrected chi connectivity index (χ2v) is 5.50. The summed E-state index contributed by atoms with van der Waals surface area (Å²) in [6.07, 6.45) is 2.94. The highest BCUT2D eigenvalue weighted by Gasteiger charge is 2.54. The van der Waals surface area contributed by atoms with Gasteiger partial charge in [-0.25, -0.2) is 0 Å². The number of carbonyl (C=O) groups excluding carboxylic acids is 1. The van der Waals surface area contributed by atoms with Crippen LogP contribution >= 0.6 is 0 Å². The third-order valence-corrected chi connectivity index (χ3v) is 4.42. The van der Waals surface area contributed by atoms with Gasteiger partial charge in [-0.1, -0.05) is 18.2 Å². The highest BCUT2D eigenvalue weighted by atomic mass is 16.5. The molecular weight excluding hydrogens is 282 g/mol. The molecule has 5 heteroatoms. The zero-order valence-corrected chi connectivity index (χ0v) is 11.5. The molecule has 5 nitrogen and oxygen atoms in total. The molecule has 1 atom stereocenters. The van der Waals surface area contributed by atoms with Crippen LogP contribution in [0.1, 0.15) is 11.1 Å². The van der Waals surface area contributed by atoms with Gasteiger partial charge in [0.1, 0.15) is 30.3 Å². The molecule has 108 valence electrons. The van der Waals surface area contributed by atoms with E-state index in [4.69, 9.17) is 14.2 Å². The molecule has 1 unspecified atom stereocenters. The number of amides is 1. The highest BCUT2D eigenvalue weighted by Crippen LogP contribution is 2.52. The molecule has 5 rings (SSSR count). The molecule has 0 radical (unpaired) electrons. The third-order valence-electron chi connectivity index (χ3n) is 4.42. The molecule has 0 bridgehead atoms. The van der Waals surface area contributed by atoms with Crippen molar-refractivity contribution >= 4 is 11.6 Å². The number of hydrogen-bond donors (Lipinski definition) is 1. The van der Waals surface area contributed by atoms with E-state index < -0.39 is 5.41 Å². The summed E-state index contributed by atoms with van der Waals surface area (Å²) < 4.78 is 16.7. The Bertz CT molecular complexity index is 858. The summed E-state index contributed by atoms with van der Waals surface area (Å²) in [4.78, 5) is 12.7. The Labute approximate surface area is 126 Å². The van der Waals surface area contributed by atoms with E-state index in [9.17, 15) is 4.79 Å². The van der Waals surface area contributed by atoms with Crippen molar-refractivity contribution in [3.05, 3.63) is 60.0 Å². The molecule has 1 amide bonds. The minimum atomic E-state index is -0.814. The van der Waals surface area contributed by atoms with Crippen LogP contribution in [0.5, 0.6) is 17.2 Å². The van der Waals surface area contributed by atoms with Crippen molar-refractivity contribution in [2.75, 3.05) is 11.9 Å².